The summed E-state index contributed by atoms with van der Waals surface area (Å²) in [5, 5.41) is 4.77. The van der Waals surface area contributed by atoms with Crippen LogP contribution < -0.4 is 5.32 Å². The van der Waals surface area contributed by atoms with Gasteiger partial charge in [-0.25, -0.2) is 4.98 Å². The summed E-state index contributed by atoms with van der Waals surface area (Å²) in [5.74, 6) is 0. The first-order valence-corrected chi connectivity index (χ1v) is 6.11. The fourth-order valence-corrected chi connectivity index (χ4v) is 1.91. The van der Waals surface area contributed by atoms with Crippen LogP contribution in [0, 0.1) is 0 Å². The molecule has 0 saturated carbocycles. The van der Waals surface area contributed by atoms with Gasteiger partial charge in [0.05, 0.1) is 6.33 Å². The Hall–Kier alpha value is -1.03. The van der Waals surface area contributed by atoms with Gasteiger partial charge in [0, 0.05) is 42.1 Å². The summed E-state index contributed by atoms with van der Waals surface area (Å²) in [5.41, 5.74) is 1.02. The van der Waals surface area contributed by atoms with Crippen molar-refractivity contribution >= 4 is 23.2 Å². The maximum absolute atomic E-state index is 6.06. The predicted molar refractivity (Wildman–Crippen MR) is 70.4 cm³/mol. The van der Waals surface area contributed by atoms with Gasteiger partial charge in [-0.2, -0.15) is 0 Å². The third-order valence-corrected chi connectivity index (χ3v) is 3.03. The Morgan fingerprint density at radius 3 is 2.94 bits per heavy atom. The van der Waals surface area contributed by atoms with Crippen molar-refractivity contribution in [3.8, 4) is 0 Å². The second-order valence-corrected chi connectivity index (χ2v) is 4.56. The van der Waals surface area contributed by atoms with E-state index in [0.717, 1.165) is 23.7 Å². The minimum absolute atomic E-state index is 0.709. The van der Waals surface area contributed by atoms with Gasteiger partial charge in [-0.3, -0.25) is 0 Å². The summed E-state index contributed by atoms with van der Waals surface area (Å²) in [7, 11) is 0. The Morgan fingerprint density at radius 2 is 2.18 bits per heavy atom. The molecular formula is C12H13Cl2N3. The van der Waals surface area contributed by atoms with E-state index in [4.69, 9.17) is 23.2 Å². The van der Waals surface area contributed by atoms with Crippen LogP contribution in [-0.4, -0.2) is 16.1 Å². The second kappa shape index (κ2) is 6.05. The molecule has 2 rings (SSSR count). The van der Waals surface area contributed by atoms with Gasteiger partial charge < -0.3 is 9.88 Å². The van der Waals surface area contributed by atoms with E-state index >= 15 is 0 Å². The van der Waals surface area contributed by atoms with E-state index in [0.29, 0.717) is 11.6 Å². The standard InChI is InChI=1S/C12H13Cl2N3/c13-11-1-2-12(14)10(7-11)8-15-3-5-17-6-4-16-9-17/h1-2,4,6-7,9,15H,3,5,8H2. The number of aromatic nitrogens is 2. The number of imidazole rings is 1. The number of nitrogens with one attached hydrogen (secondary N) is 1. The molecule has 5 heteroatoms. The molecule has 0 bridgehead atoms. The van der Waals surface area contributed by atoms with Gasteiger partial charge in [-0.1, -0.05) is 23.2 Å². The Bertz CT molecular complexity index is 469. The fraction of sp³-hybridized carbons (Fsp3) is 0.250. The molecule has 0 aliphatic rings. The number of hydrogen-bond acceptors (Lipinski definition) is 2. The Balaban J connectivity index is 1.80. The van der Waals surface area contributed by atoms with E-state index in [1.165, 1.54) is 0 Å². The molecule has 3 nitrogen and oxygen atoms in total. The quantitative estimate of drug-likeness (QED) is 0.846. The predicted octanol–water partition coefficient (Wildman–Crippen LogP) is 2.98. The third kappa shape index (κ3) is 3.73. The Kier molecular flexibility index (Phi) is 4.42. The number of halogens is 2. The maximum Gasteiger partial charge on any atom is 0.0946 e. The first-order chi connectivity index (χ1) is 8.25. The lowest BCUT2D eigenvalue weighted by molar-refractivity contribution is 0.597. The first-order valence-electron chi connectivity index (χ1n) is 5.36. The zero-order valence-corrected chi connectivity index (χ0v) is 10.7. The molecule has 0 spiro atoms. The van der Waals surface area contributed by atoms with Gasteiger partial charge in [-0.05, 0) is 23.8 Å². The molecule has 0 aliphatic carbocycles. The van der Waals surface area contributed by atoms with Crippen LogP contribution in [0.5, 0.6) is 0 Å². The zero-order chi connectivity index (χ0) is 12.1. The first kappa shape index (κ1) is 12.4. The normalized spacial score (nSPS) is 10.7. The van der Waals surface area contributed by atoms with Crippen molar-refractivity contribution in [2.24, 2.45) is 0 Å². The molecule has 90 valence electrons. The maximum atomic E-state index is 6.06. The average molecular weight is 270 g/mol. The van der Waals surface area contributed by atoms with Crippen molar-refractivity contribution in [1.82, 2.24) is 14.9 Å². The van der Waals surface area contributed by atoms with Crippen LogP contribution in [-0.2, 0) is 13.1 Å². The van der Waals surface area contributed by atoms with Gasteiger partial charge in [0.1, 0.15) is 0 Å². The van der Waals surface area contributed by atoms with Crippen molar-refractivity contribution in [2.45, 2.75) is 13.1 Å². The lowest BCUT2D eigenvalue weighted by Gasteiger charge is -2.07. The van der Waals surface area contributed by atoms with Crippen LogP contribution >= 0.6 is 23.2 Å². The molecule has 0 amide bonds. The molecule has 0 saturated heterocycles. The molecule has 2 aromatic rings. The molecular weight excluding hydrogens is 257 g/mol. The van der Waals surface area contributed by atoms with Crippen molar-refractivity contribution in [1.29, 1.82) is 0 Å². The van der Waals surface area contributed by atoms with E-state index in [1.807, 2.05) is 22.9 Å². The molecule has 1 aromatic heterocycles. The van der Waals surface area contributed by atoms with Crippen molar-refractivity contribution in [3.05, 3.63) is 52.5 Å². The molecule has 0 fully saturated rings. The van der Waals surface area contributed by atoms with Crippen LogP contribution in [0.3, 0.4) is 0 Å². The number of nitrogens with zero attached hydrogens (tertiary/aromatic N) is 2. The largest absolute Gasteiger partial charge is 0.336 e. The Labute approximate surface area is 110 Å². The van der Waals surface area contributed by atoms with Crippen molar-refractivity contribution in [2.75, 3.05) is 6.54 Å². The second-order valence-electron chi connectivity index (χ2n) is 3.71. The minimum atomic E-state index is 0.709. The van der Waals surface area contributed by atoms with Crippen molar-refractivity contribution in [3.63, 3.8) is 0 Å². The molecule has 1 aromatic carbocycles. The summed E-state index contributed by atoms with van der Waals surface area (Å²) in [4.78, 5) is 3.98. The lowest BCUT2D eigenvalue weighted by Crippen LogP contribution is -2.19. The van der Waals surface area contributed by atoms with Gasteiger partial charge in [0.2, 0.25) is 0 Å². The van der Waals surface area contributed by atoms with Gasteiger partial charge >= 0.3 is 0 Å². The summed E-state index contributed by atoms with van der Waals surface area (Å²) < 4.78 is 2.02. The minimum Gasteiger partial charge on any atom is -0.336 e. The van der Waals surface area contributed by atoms with Crippen LogP contribution in [0.1, 0.15) is 5.56 Å². The van der Waals surface area contributed by atoms with Gasteiger partial charge in [0.25, 0.3) is 0 Å². The SMILES string of the molecule is Clc1ccc(Cl)c(CNCCn2ccnc2)c1. The molecule has 0 radical (unpaired) electrons. The monoisotopic (exact) mass is 269 g/mol. The number of hydrogen-bond donors (Lipinski definition) is 1. The summed E-state index contributed by atoms with van der Waals surface area (Å²) in [6, 6.07) is 5.49. The zero-order valence-electron chi connectivity index (χ0n) is 9.24. The Morgan fingerprint density at radius 1 is 1.29 bits per heavy atom. The smallest absolute Gasteiger partial charge is 0.0946 e. The van der Waals surface area contributed by atoms with Crippen LogP contribution in [0.4, 0.5) is 0 Å². The average Bonchev–Trinajstić information content (AvgIpc) is 2.82. The van der Waals surface area contributed by atoms with E-state index in [1.54, 1.807) is 18.6 Å². The molecule has 1 N–H and O–H groups in total. The van der Waals surface area contributed by atoms with E-state index < -0.39 is 0 Å². The summed E-state index contributed by atoms with van der Waals surface area (Å²) in [6.45, 7) is 2.46. The number of benzene rings is 1. The fourth-order valence-electron chi connectivity index (χ4n) is 1.53. The third-order valence-electron chi connectivity index (χ3n) is 2.43. The highest BCUT2D eigenvalue weighted by atomic mass is 35.5. The van der Waals surface area contributed by atoms with Gasteiger partial charge in [0.15, 0.2) is 0 Å². The molecule has 0 atom stereocenters. The van der Waals surface area contributed by atoms with Crippen LogP contribution in [0.15, 0.2) is 36.9 Å². The lowest BCUT2D eigenvalue weighted by atomic mass is 10.2. The van der Waals surface area contributed by atoms with E-state index in [9.17, 15) is 0 Å². The van der Waals surface area contributed by atoms with E-state index in [2.05, 4.69) is 10.3 Å². The topological polar surface area (TPSA) is 29.9 Å². The molecule has 0 unspecified atom stereocenters. The highest BCUT2D eigenvalue weighted by Gasteiger charge is 2.00. The highest BCUT2D eigenvalue weighted by molar-refractivity contribution is 6.33. The van der Waals surface area contributed by atoms with Gasteiger partial charge in [-0.15, -0.1) is 0 Å². The molecule has 1 heterocycles. The van der Waals surface area contributed by atoms with Crippen molar-refractivity contribution < 1.29 is 0 Å². The van der Waals surface area contributed by atoms with Crippen LogP contribution in [0.25, 0.3) is 0 Å². The van der Waals surface area contributed by atoms with Crippen LogP contribution in [0.2, 0.25) is 10.0 Å². The van der Waals surface area contributed by atoms with E-state index in [-0.39, 0.29) is 0 Å². The highest BCUT2D eigenvalue weighted by Crippen LogP contribution is 2.20. The molecule has 17 heavy (non-hydrogen) atoms. The summed E-state index contributed by atoms with van der Waals surface area (Å²) >= 11 is 12.0. The number of rotatable bonds is 5. The molecule has 0 aliphatic heterocycles. The summed E-state index contributed by atoms with van der Waals surface area (Å²) in [6.07, 6.45) is 5.51.